The minimum absolute atomic E-state index is 0.000825. The molecule has 0 spiro atoms. The molecular formula is C70H72N2O2. The van der Waals surface area contributed by atoms with Crippen molar-refractivity contribution < 1.29 is 8.83 Å². The first-order chi connectivity index (χ1) is 35.4. The molecule has 10 aromatic rings. The van der Waals surface area contributed by atoms with Crippen molar-refractivity contribution in [1.82, 2.24) is 0 Å². The Morgan fingerprint density at radius 2 is 0.973 bits per heavy atom. The molecule has 0 N–H and O–H groups in total. The Morgan fingerprint density at radius 1 is 0.419 bits per heavy atom. The van der Waals surface area contributed by atoms with Crippen LogP contribution in [0.25, 0.3) is 55.0 Å². The largest absolute Gasteiger partial charge is 0.456 e. The molecule has 0 bridgehead atoms. The minimum atomic E-state index is -0.0540. The Labute approximate surface area is 439 Å². The molecule has 2 aliphatic carbocycles. The summed E-state index contributed by atoms with van der Waals surface area (Å²) in [7, 11) is 0. The summed E-state index contributed by atoms with van der Waals surface area (Å²) in [4.78, 5) is 5.07. The molecule has 4 nitrogen and oxygen atoms in total. The molecule has 0 atom stereocenters. The van der Waals surface area contributed by atoms with E-state index in [1.807, 2.05) is 0 Å². The van der Waals surface area contributed by atoms with E-state index in [4.69, 9.17) is 8.83 Å². The molecule has 2 aliphatic rings. The number of rotatable bonds is 8. The molecule has 1 fully saturated rings. The van der Waals surface area contributed by atoms with Crippen molar-refractivity contribution >= 4 is 78.0 Å². The number of furan rings is 2. The van der Waals surface area contributed by atoms with Crippen LogP contribution in [0, 0.1) is 0 Å². The van der Waals surface area contributed by atoms with Gasteiger partial charge in [-0.05, 0) is 172 Å². The van der Waals surface area contributed by atoms with Crippen LogP contribution in [0.2, 0.25) is 0 Å². The van der Waals surface area contributed by atoms with Gasteiger partial charge in [-0.15, -0.1) is 0 Å². The monoisotopic (exact) mass is 973 g/mol. The average molecular weight is 973 g/mol. The fraction of sp³-hybridized carbons (Fsp3) is 0.314. The molecule has 2 aromatic heterocycles. The van der Waals surface area contributed by atoms with Gasteiger partial charge in [0.2, 0.25) is 0 Å². The summed E-state index contributed by atoms with van der Waals surface area (Å²) in [5.41, 5.74) is 19.6. The molecule has 0 unspecified atom stereocenters. The maximum absolute atomic E-state index is 6.71. The first-order valence-electron chi connectivity index (χ1n) is 27.4. The zero-order valence-electron chi connectivity index (χ0n) is 45.3. The van der Waals surface area contributed by atoms with Gasteiger partial charge in [0.25, 0.3) is 0 Å². The lowest BCUT2D eigenvalue weighted by atomic mass is 9.63. The van der Waals surface area contributed by atoms with Crippen LogP contribution in [0.4, 0.5) is 34.1 Å². The van der Waals surface area contributed by atoms with Crippen molar-refractivity contribution in [1.29, 1.82) is 0 Å². The van der Waals surface area contributed by atoms with Gasteiger partial charge >= 0.3 is 0 Å². The number of benzene rings is 8. The Balaban J connectivity index is 1.14. The molecule has 0 aliphatic heterocycles. The molecule has 74 heavy (non-hydrogen) atoms. The lowest BCUT2D eigenvalue weighted by Crippen LogP contribution is -2.34. The molecule has 12 rings (SSSR count). The van der Waals surface area contributed by atoms with Gasteiger partial charge in [0.15, 0.2) is 0 Å². The normalized spacial score (nSPS) is 16.0. The number of para-hydroxylation sites is 1. The Bertz CT molecular complexity index is 3750. The van der Waals surface area contributed by atoms with Gasteiger partial charge in [-0.2, -0.15) is 0 Å². The molecule has 0 amide bonds. The molecule has 0 radical (unpaired) electrons. The standard InChI is InChI=1S/C70H72N2O2/c1-67(2,3)48-26-33-62(58(39-48)46-21-15-12-16-22-46)72(50-29-34-64-59(42-50)57-30-25-49(68(4,5)6)40-65(57)74-64)54-38-47(45-19-13-11-14-20-45)37-53(41-54)71(51-28-32-60-61(43-51)70(9,10)36-35-69(60,7)8)52-27-31-56-55-23-17-18-24-63(55)73-66(56)44-52/h12,15-18,21-34,37-45H,11,13-14,19-20,35-36H2,1-10H3. The second-order valence-corrected chi connectivity index (χ2v) is 25.2. The van der Waals surface area contributed by atoms with E-state index in [-0.39, 0.29) is 21.7 Å². The number of fused-ring (bicyclic) bond motifs is 7. The third kappa shape index (κ3) is 8.58. The van der Waals surface area contributed by atoms with Crippen LogP contribution in [-0.4, -0.2) is 0 Å². The predicted molar refractivity (Wildman–Crippen MR) is 314 cm³/mol. The first-order valence-corrected chi connectivity index (χ1v) is 27.4. The average Bonchev–Trinajstić information content (AvgIpc) is 3.96. The van der Waals surface area contributed by atoms with Crippen molar-refractivity contribution in [2.45, 2.75) is 142 Å². The van der Waals surface area contributed by atoms with Crippen LogP contribution in [-0.2, 0) is 21.7 Å². The fourth-order valence-electron chi connectivity index (χ4n) is 12.4. The van der Waals surface area contributed by atoms with E-state index in [0.29, 0.717) is 5.92 Å². The first kappa shape index (κ1) is 47.9. The Morgan fingerprint density at radius 3 is 1.72 bits per heavy atom. The zero-order valence-corrected chi connectivity index (χ0v) is 45.3. The van der Waals surface area contributed by atoms with Crippen LogP contribution in [0.15, 0.2) is 173 Å². The summed E-state index contributed by atoms with van der Waals surface area (Å²) in [5, 5.41) is 4.51. The van der Waals surface area contributed by atoms with Crippen molar-refractivity contribution in [2.75, 3.05) is 9.80 Å². The van der Waals surface area contributed by atoms with Crippen LogP contribution in [0.3, 0.4) is 0 Å². The van der Waals surface area contributed by atoms with Crippen molar-refractivity contribution in [3.05, 3.63) is 192 Å². The van der Waals surface area contributed by atoms with E-state index in [1.165, 1.54) is 77.5 Å². The van der Waals surface area contributed by atoms with Gasteiger partial charge in [0.05, 0.1) is 5.69 Å². The molecule has 0 saturated heterocycles. The summed E-state index contributed by atoms with van der Waals surface area (Å²) in [6.45, 7) is 23.5. The number of hydrogen-bond donors (Lipinski definition) is 0. The predicted octanol–water partition coefficient (Wildman–Crippen LogP) is 21.1. The molecule has 1 saturated carbocycles. The summed E-state index contributed by atoms with van der Waals surface area (Å²) in [6.07, 6.45) is 8.43. The highest BCUT2D eigenvalue weighted by Gasteiger charge is 2.38. The lowest BCUT2D eigenvalue weighted by molar-refractivity contribution is 0.332. The maximum atomic E-state index is 6.71. The second-order valence-electron chi connectivity index (χ2n) is 25.2. The number of hydrogen-bond acceptors (Lipinski definition) is 4. The van der Waals surface area contributed by atoms with E-state index >= 15 is 0 Å². The highest BCUT2D eigenvalue weighted by atomic mass is 16.3. The van der Waals surface area contributed by atoms with Crippen molar-refractivity contribution in [2.24, 2.45) is 0 Å². The highest BCUT2D eigenvalue weighted by Crippen LogP contribution is 2.52. The summed E-state index contributed by atoms with van der Waals surface area (Å²) >= 11 is 0. The number of anilines is 6. The number of nitrogens with zero attached hydrogens (tertiary/aromatic N) is 2. The molecule has 2 heterocycles. The Hall–Kier alpha value is -7.04. The van der Waals surface area contributed by atoms with E-state index in [9.17, 15) is 0 Å². The van der Waals surface area contributed by atoms with Crippen molar-refractivity contribution in [3.8, 4) is 11.1 Å². The summed E-state index contributed by atoms with van der Waals surface area (Å²) in [5.74, 6) is 0.432. The van der Waals surface area contributed by atoms with Gasteiger partial charge in [0.1, 0.15) is 22.3 Å². The Kier molecular flexibility index (Phi) is 11.5. The molecule has 374 valence electrons. The van der Waals surface area contributed by atoms with E-state index in [1.54, 1.807) is 0 Å². The third-order valence-electron chi connectivity index (χ3n) is 17.0. The van der Waals surface area contributed by atoms with Gasteiger partial charge in [-0.1, -0.05) is 161 Å². The second kappa shape index (κ2) is 17.8. The van der Waals surface area contributed by atoms with Crippen molar-refractivity contribution in [3.63, 3.8) is 0 Å². The van der Waals surface area contributed by atoms with Gasteiger partial charge < -0.3 is 18.6 Å². The third-order valence-corrected chi connectivity index (χ3v) is 17.0. The van der Waals surface area contributed by atoms with E-state index < -0.39 is 0 Å². The summed E-state index contributed by atoms with van der Waals surface area (Å²) < 4.78 is 13.4. The zero-order chi connectivity index (χ0) is 51.3. The van der Waals surface area contributed by atoms with Crippen LogP contribution < -0.4 is 9.80 Å². The quantitative estimate of drug-likeness (QED) is 0.152. The molecular weight excluding hydrogens is 901 g/mol. The van der Waals surface area contributed by atoms with Gasteiger partial charge in [0, 0.05) is 61.6 Å². The highest BCUT2D eigenvalue weighted by molar-refractivity contribution is 6.08. The molecule has 4 heteroatoms. The van der Waals surface area contributed by atoms with Crippen LogP contribution in [0.5, 0.6) is 0 Å². The minimum Gasteiger partial charge on any atom is -0.456 e. The topological polar surface area (TPSA) is 32.8 Å². The summed E-state index contributed by atoms with van der Waals surface area (Å²) in [6, 6.07) is 61.9. The van der Waals surface area contributed by atoms with E-state index in [0.717, 1.165) is 84.4 Å². The van der Waals surface area contributed by atoms with Crippen LogP contribution >= 0.6 is 0 Å². The van der Waals surface area contributed by atoms with E-state index in [2.05, 4.69) is 243 Å². The fourth-order valence-corrected chi connectivity index (χ4v) is 12.4. The van der Waals surface area contributed by atoms with Crippen LogP contribution in [0.1, 0.15) is 148 Å². The van der Waals surface area contributed by atoms with Gasteiger partial charge in [-0.3, -0.25) is 0 Å². The SMILES string of the molecule is CC(C)(C)c1ccc(N(c2cc(C3CCCCC3)cc(N(c3ccc4c(c3)C(C)(C)CCC4(C)C)c3ccc4c(c3)oc3ccccc34)c2)c2ccc3oc4cc(C(C)(C)C)ccc4c3c2)c(-c2ccccc2)c1. The molecule has 8 aromatic carbocycles. The lowest BCUT2D eigenvalue weighted by Gasteiger charge is -2.42. The van der Waals surface area contributed by atoms with Gasteiger partial charge in [-0.25, -0.2) is 0 Å². The smallest absolute Gasteiger partial charge is 0.137 e. The maximum Gasteiger partial charge on any atom is 0.137 e.